The van der Waals surface area contributed by atoms with E-state index in [0.29, 0.717) is 28.1 Å². The SMILES string of the molecule is CC1(C)CCCCC1.CC1(C)CCCCC1.Oc1ccccc1.Oc1ccccc1.Oc1ccccc1. The third-order valence-electron chi connectivity index (χ3n) is 6.68. The molecular weight excluding hydrogens is 456 g/mol. The highest BCUT2D eigenvalue weighted by Gasteiger charge is 2.20. The van der Waals surface area contributed by atoms with Crippen molar-refractivity contribution in [1.29, 1.82) is 0 Å². The van der Waals surface area contributed by atoms with Crippen molar-refractivity contribution in [3.8, 4) is 17.2 Å². The van der Waals surface area contributed by atoms with Crippen molar-refractivity contribution in [3.63, 3.8) is 0 Å². The minimum absolute atomic E-state index is 0.322. The van der Waals surface area contributed by atoms with Gasteiger partial charge in [-0.3, -0.25) is 0 Å². The van der Waals surface area contributed by atoms with Gasteiger partial charge in [-0.1, -0.05) is 121 Å². The molecule has 37 heavy (non-hydrogen) atoms. The van der Waals surface area contributed by atoms with Gasteiger partial charge in [-0.2, -0.15) is 0 Å². The maximum absolute atomic E-state index is 8.63. The minimum Gasteiger partial charge on any atom is -0.508 e. The molecule has 3 heteroatoms. The number of phenolic OH excluding ortho intramolecular Hbond substituents is 3. The zero-order chi connectivity index (χ0) is 27.4. The monoisotopic (exact) mass is 506 g/mol. The first-order valence-corrected chi connectivity index (χ1v) is 13.8. The van der Waals surface area contributed by atoms with Gasteiger partial charge < -0.3 is 15.3 Å². The van der Waals surface area contributed by atoms with Gasteiger partial charge in [-0.05, 0) is 72.9 Å². The topological polar surface area (TPSA) is 60.7 Å². The highest BCUT2D eigenvalue weighted by molar-refractivity contribution is 5.19. The van der Waals surface area contributed by atoms with Gasteiger partial charge in [0.25, 0.3) is 0 Å². The van der Waals surface area contributed by atoms with Crippen LogP contribution in [0.4, 0.5) is 0 Å². The fourth-order valence-electron chi connectivity index (χ4n) is 4.30. The van der Waals surface area contributed by atoms with Gasteiger partial charge >= 0.3 is 0 Å². The summed E-state index contributed by atoms with van der Waals surface area (Å²) in [5.41, 5.74) is 1.36. The van der Waals surface area contributed by atoms with Crippen molar-refractivity contribution in [1.82, 2.24) is 0 Å². The van der Waals surface area contributed by atoms with Crippen LogP contribution < -0.4 is 0 Å². The summed E-state index contributed by atoms with van der Waals surface area (Å²) >= 11 is 0. The third kappa shape index (κ3) is 18.9. The highest BCUT2D eigenvalue weighted by Crippen LogP contribution is 2.35. The van der Waals surface area contributed by atoms with Gasteiger partial charge in [-0.25, -0.2) is 0 Å². The summed E-state index contributed by atoms with van der Waals surface area (Å²) in [7, 11) is 0. The lowest BCUT2D eigenvalue weighted by molar-refractivity contribution is 0.244. The lowest BCUT2D eigenvalue weighted by atomic mass is 9.78. The van der Waals surface area contributed by atoms with Gasteiger partial charge in [0.05, 0.1) is 0 Å². The van der Waals surface area contributed by atoms with Crippen molar-refractivity contribution in [2.75, 3.05) is 0 Å². The summed E-state index contributed by atoms with van der Waals surface area (Å²) in [4.78, 5) is 0. The maximum atomic E-state index is 8.63. The van der Waals surface area contributed by atoms with Crippen LogP contribution in [0.15, 0.2) is 91.0 Å². The first kappa shape index (κ1) is 32.1. The number of hydrogen-bond acceptors (Lipinski definition) is 3. The molecule has 0 heterocycles. The van der Waals surface area contributed by atoms with E-state index in [4.69, 9.17) is 15.3 Å². The molecule has 3 N–H and O–H groups in total. The van der Waals surface area contributed by atoms with Crippen LogP contribution in [0.2, 0.25) is 0 Å². The van der Waals surface area contributed by atoms with E-state index in [2.05, 4.69) is 27.7 Å². The molecule has 204 valence electrons. The Morgan fingerprint density at radius 3 is 0.703 bits per heavy atom. The number of benzene rings is 3. The lowest BCUT2D eigenvalue weighted by Gasteiger charge is -2.28. The zero-order valence-corrected chi connectivity index (χ0v) is 23.6. The van der Waals surface area contributed by atoms with Crippen LogP contribution in [0.5, 0.6) is 17.2 Å². The van der Waals surface area contributed by atoms with Gasteiger partial charge in [0.15, 0.2) is 0 Å². The molecular formula is C34H50O3. The molecule has 0 radical (unpaired) electrons. The number of phenols is 3. The average Bonchev–Trinajstić information content (AvgIpc) is 2.87. The summed E-state index contributed by atoms with van der Waals surface area (Å²) in [5.74, 6) is 0.965. The zero-order valence-electron chi connectivity index (χ0n) is 23.6. The molecule has 0 aromatic heterocycles. The van der Waals surface area contributed by atoms with Crippen molar-refractivity contribution >= 4 is 0 Å². The van der Waals surface area contributed by atoms with Crippen LogP contribution in [0.1, 0.15) is 91.9 Å². The largest absolute Gasteiger partial charge is 0.508 e. The maximum Gasteiger partial charge on any atom is 0.115 e. The van der Waals surface area contributed by atoms with Crippen molar-refractivity contribution < 1.29 is 15.3 Å². The van der Waals surface area contributed by atoms with E-state index in [1.807, 2.05) is 18.2 Å². The Balaban J connectivity index is 0.000000232. The third-order valence-corrected chi connectivity index (χ3v) is 6.68. The van der Waals surface area contributed by atoms with E-state index in [-0.39, 0.29) is 0 Å². The summed E-state index contributed by atoms with van der Waals surface area (Å²) in [5, 5.41) is 25.9. The van der Waals surface area contributed by atoms with E-state index in [0.717, 1.165) is 0 Å². The average molecular weight is 507 g/mol. The Labute approximate surface area is 226 Å². The Kier molecular flexibility index (Phi) is 15.9. The molecule has 0 bridgehead atoms. The molecule has 0 saturated heterocycles. The van der Waals surface area contributed by atoms with Crippen LogP contribution >= 0.6 is 0 Å². The molecule has 0 amide bonds. The van der Waals surface area contributed by atoms with Gasteiger partial charge in [0.1, 0.15) is 17.2 Å². The van der Waals surface area contributed by atoms with E-state index in [1.165, 1.54) is 64.2 Å². The van der Waals surface area contributed by atoms with Crippen LogP contribution in [0.25, 0.3) is 0 Å². The number of hydrogen-bond donors (Lipinski definition) is 3. The molecule has 2 aliphatic carbocycles. The molecule has 0 aliphatic heterocycles. The number of para-hydroxylation sites is 3. The van der Waals surface area contributed by atoms with Crippen LogP contribution in [0, 0.1) is 10.8 Å². The van der Waals surface area contributed by atoms with E-state index in [1.54, 1.807) is 72.8 Å². The lowest BCUT2D eigenvalue weighted by Crippen LogP contribution is -2.14. The van der Waals surface area contributed by atoms with Crippen LogP contribution in [0.3, 0.4) is 0 Å². The first-order chi connectivity index (χ1) is 17.6. The van der Waals surface area contributed by atoms with E-state index >= 15 is 0 Å². The Bertz CT molecular complexity index is 778. The highest BCUT2D eigenvalue weighted by atomic mass is 16.3. The predicted molar refractivity (Wildman–Crippen MR) is 158 cm³/mol. The number of rotatable bonds is 0. The molecule has 0 atom stereocenters. The molecule has 2 fully saturated rings. The quantitative estimate of drug-likeness (QED) is 0.284. The van der Waals surface area contributed by atoms with Gasteiger partial charge in [-0.15, -0.1) is 0 Å². The van der Waals surface area contributed by atoms with E-state index < -0.39 is 0 Å². The second-order valence-corrected chi connectivity index (χ2v) is 11.5. The number of aromatic hydroxyl groups is 3. The van der Waals surface area contributed by atoms with Crippen LogP contribution in [-0.4, -0.2) is 15.3 Å². The first-order valence-electron chi connectivity index (χ1n) is 13.8. The summed E-state index contributed by atoms with van der Waals surface area (Å²) < 4.78 is 0. The summed E-state index contributed by atoms with van der Waals surface area (Å²) in [6, 6.07) is 26.1. The minimum atomic E-state index is 0.322. The predicted octanol–water partition coefficient (Wildman–Crippen LogP) is 10.1. The van der Waals surface area contributed by atoms with Gasteiger partial charge in [0, 0.05) is 0 Å². The molecule has 2 saturated carbocycles. The molecule has 5 rings (SSSR count). The second-order valence-electron chi connectivity index (χ2n) is 11.5. The molecule has 2 aliphatic rings. The second kappa shape index (κ2) is 18.3. The smallest absolute Gasteiger partial charge is 0.115 e. The normalized spacial score (nSPS) is 16.9. The Morgan fingerprint density at radius 1 is 0.378 bits per heavy atom. The van der Waals surface area contributed by atoms with Crippen molar-refractivity contribution in [3.05, 3.63) is 91.0 Å². The molecule has 3 aromatic rings. The van der Waals surface area contributed by atoms with Gasteiger partial charge in [0.2, 0.25) is 0 Å². The molecule has 3 aromatic carbocycles. The Hall–Kier alpha value is -2.94. The standard InChI is InChI=1S/2C8H16.3C6H6O/c2*1-8(2)6-4-3-5-7-8;3*7-6-4-2-1-3-5-6/h2*3-7H2,1-2H3;3*1-5,7H. The fraction of sp³-hybridized carbons (Fsp3) is 0.471. The van der Waals surface area contributed by atoms with Crippen molar-refractivity contribution in [2.45, 2.75) is 91.9 Å². The summed E-state index contributed by atoms with van der Waals surface area (Å²) in [6.45, 7) is 9.52. The van der Waals surface area contributed by atoms with Crippen molar-refractivity contribution in [2.24, 2.45) is 10.8 Å². The Morgan fingerprint density at radius 2 is 0.595 bits per heavy atom. The molecule has 3 nitrogen and oxygen atoms in total. The summed E-state index contributed by atoms with van der Waals surface area (Å²) in [6.07, 6.45) is 14.6. The molecule has 0 unspecified atom stereocenters. The van der Waals surface area contributed by atoms with Crippen LogP contribution in [-0.2, 0) is 0 Å². The molecule has 0 spiro atoms. The van der Waals surface area contributed by atoms with E-state index in [9.17, 15) is 0 Å². The fourth-order valence-corrected chi connectivity index (χ4v) is 4.30.